The predicted octanol–water partition coefficient (Wildman–Crippen LogP) is 3.70. The first-order valence-corrected chi connectivity index (χ1v) is 9.41. The Hall–Kier alpha value is -3.02. The highest BCUT2D eigenvalue weighted by molar-refractivity contribution is 5.83. The van der Waals surface area contributed by atoms with E-state index in [0.29, 0.717) is 24.2 Å². The van der Waals surface area contributed by atoms with E-state index < -0.39 is 5.41 Å². The van der Waals surface area contributed by atoms with Gasteiger partial charge in [0.1, 0.15) is 18.1 Å². The van der Waals surface area contributed by atoms with Gasteiger partial charge in [-0.3, -0.25) is 14.0 Å². The van der Waals surface area contributed by atoms with Crippen LogP contribution in [-0.2, 0) is 21.6 Å². The number of fused-ring (bicyclic) bond motifs is 1. The lowest BCUT2D eigenvalue weighted by Crippen LogP contribution is -2.34. The van der Waals surface area contributed by atoms with E-state index in [9.17, 15) is 14.0 Å². The zero-order chi connectivity index (χ0) is 19.7. The summed E-state index contributed by atoms with van der Waals surface area (Å²) in [4.78, 5) is 29.8. The molecule has 0 radical (unpaired) electrons. The number of aryl methyl sites for hydroxylation is 1. The standard InChI is InChI=1S/C22H21FN2O3/c1-15-5-4-6-19-24-18(13-20(26)25(15)19)14-28-21(27)22(11-2-3-12-22)16-7-9-17(23)10-8-16/h4-10,13H,2-3,11-12,14H2,1H3. The zero-order valence-electron chi connectivity index (χ0n) is 15.7. The van der Waals surface area contributed by atoms with Crippen LogP contribution in [0.5, 0.6) is 0 Å². The molecular formula is C22H21FN2O3. The van der Waals surface area contributed by atoms with Gasteiger partial charge in [0.05, 0.1) is 11.1 Å². The number of hydrogen-bond donors (Lipinski definition) is 0. The van der Waals surface area contributed by atoms with Gasteiger partial charge in [-0.25, -0.2) is 9.37 Å². The number of aromatic nitrogens is 2. The van der Waals surface area contributed by atoms with Crippen molar-refractivity contribution in [2.45, 2.75) is 44.6 Å². The average molecular weight is 380 g/mol. The third-order valence-corrected chi connectivity index (χ3v) is 5.53. The Labute approximate surface area is 161 Å². The topological polar surface area (TPSA) is 60.7 Å². The third-order valence-electron chi connectivity index (χ3n) is 5.53. The molecule has 0 atom stereocenters. The second-order valence-corrected chi connectivity index (χ2v) is 7.32. The van der Waals surface area contributed by atoms with Gasteiger partial charge in [0, 0.05) is 11.8 Å². The SMILES string of the molecule is Cc1cccc2nc(COC(=O)C3(c4ccc(F)cc4)CCCC3)cc(=O)n12. The number of benzene rings is 1. The Kier molecular flexibility index (Phi) is 4.71. The fraction of sp³-hybridized carbons (Fsp3) is 0.318. The molecule has 1 saturated carbocycles. The average Bonchev–Trinajstić information content (AvgIpc) is 3.17. The molecule has 0 unspecified atom stereocenters. The number of carbonyl (C=O) groups is 1. The second kappa shape index (κ2) is 7.19. The van der Waals surface area contributed by atoms with Crippen LogP contribution in [0.15, 0.2) is 53.3 Å². The summed E-state index contributed by atoms with van der Waals surface area (Å²) < 4.78 is 20.4. The van der Waals surface area contributed by atoms with Crippen molar-refractivity contribution in [3.63, 3.8) is 0 Å². The number of pyridine rings is 1. The van der Waals surface area contributed by atoms with Crippen LogP contribution in [0.1, 0.15) is 42.6 Å². The van der Waals surface area contributed by atoms with Gasteiger partial charge in [-0.2, -0.15) is 0 Å². The molecule has 0 amide bonds. The second-order valence-electron chi connectivity index (χ2n) is 7.32. The van der Waals surface area contributed by atoms with Crippen molar-refractivity contribution in [3.8, 4) is 0 Å². The summed E-state index contributed by atoms with van der Waals surface area (Å²) >= 11 is 0. The van der Waals surface area contributed by atoms with Crippen molar-refractivity contribution in [2.75, 3.05) is 0 Å². The largest absolute Gasteiger partial charge is 0.458 e. The molecule has 144 valence electrons. The van der Waals surface area contributed by atoms with Crippen LogP contribution < -0.4 is 5.56 Å². The van der Waals surface area contributed by atoms with Gasteiger partial charge in [-0.1, -0.05) is 31.0 Å². The zero-order valence-corrected chi connectivity index (χ0v) is 15.7. The minimum atomic E-state index is -0.754. The fourth-order valence-electron chi connectivity index (χ4n) is 4.07. The molecule has 1 aliphatic rings. The van der Waals surface area contributed by atoms with Crippen LogP contribution in [-0.4, -0.2) is 15.4 Å². The number of carbonyl (C=O) groups excluding carboxylic acids is 1. The summed E-state index contributed by atoms with van der Waals surface area (Å²) in [5, 5.41) is 0. The van der Waals surface area contributed by atoms with Crippen molar-refractivity contribution in [2.24, 2.45) is 0 Å². The lowest BCUT2D eigenvalue weighted by molar-refractivity contribution is -0.152. The first-order chi connectivity index (χ1) is 13.5. The predicted molar refractivity (Wildman–Crippen MR) is 103 cm³/mol. The maximum atomic E-state index is 13.3. The molecule has 3 aromatic rings. The first-order valence-electron chi connectivity index (χ1n) is 9.41. The van der Waals surface area contributed by atoms with Crippen molar-refractivity contribution < 1.29 is 13.9 Å². The van der Waals surface area contributed by atoms with Crippen LogP contribution >= 0.6 is 0 Å². The molecule has 0 aliphatic heterocycles. The Morgan fingerprint density at radius 2 is 1.89 bits per heavy atom. The van der Waals surface area contributed by atoms with Crippen LogP contribution in [0, 0.1) is 12.7 Å². The molecule has 5 nitrogen and oxygen atoms in total. The van der Waals surface area contributed by atoms with Crippen LogP contribution in [0.2, 0.25) is 0 Å². The highest BCUT2D eigenvalue weighted by atomic mass is 19.1. The molecular weight excluding hydrogens is 359 g/mol. The highest BCUT2D eigenvalue weighted by Crippen LogP contribution is 2.42. The summed E-state index contributed by atoms with van der Waals surface area (Å²) in [5.41, 5.74) is 1.54. The van der Waals surface area contributed by atoms with E-state index in [-0.39, 0.29) is 24.0 Å². The van der Waals surface area contributed by atoms with E-state index in [1.54, 1.807) is 18.2 Å². The normalized spacial score (nSPS) is 15.6. The number of hydrogen-bond acceptors (Lipinski definition) is 4. The Morgan fingerprint density at radius 3 is 2.61 bits per heavy atom. The van der Waals surface area contributed by atoms with Crippen LogP contribution in [0.3, 0.4) is 0 Å². The first kappa shape index (κ1) is 18.3. The van der Waals surface area contributed by atoms with Crippen molar-refractivity contribution in [3.05, 3.63) is 81.7 Å². The summed E-state index contributed by atoms with van der Waals surface area (Å²) in [5.74, 6) is -0.677. The van der Waals surface area contributed by atoms with Gasteiger partial charge < -0.3 is 4.74 Å². The monoisotopic (exact) mass is 380 g/mol. The molecule has 2 heterocycles. The summed E-state index contributed by atoms with van der Waals surface area (Å²) in [7, 11) is 0. The summed E-state index contributed by atoms with van der Waals surface area (Å²) in [6.07, 6.45) is 3.18. The van der Waals surface area contributed by atoms with Gasteiger partial charge in [-0.15, -0.1) is 0 Å². The van der Waals surface area contributed by atoms with Gasteiger partial charge in [0.15, 0.2) is 0 Å². The Bertz CT molecular complexity index is 1080. The molecule has 2 aromatic heterocycles. The van der Waals surface area contributed by atoms with E-state index >= 15 is 0 Å². The van der Waals surface area contributed by atoms with Gasteiger partial charge in [0.2, 0.25) is 0 Å². The molecule has 1 aromatic carbocycles. The minimum absolute atomic E-state index is 0.0680. The summed E-state index contributed by atoms with van der Waals surface area (Å²) in [6, 6.07) is 12.9. The van der Waals surface area contributed by atoms with E-state index in [4.69, 9.17) is 4.74 Å². The maximum Gasteiger partial charge on any atom is 0.316 e. The smallest absolute Gasteiger partial charge is 0.316 e. The molecule has 0 bridgehead atoms. The molecule has 4 rings (SSSR count). The Balaban J connectivity index is 1.58. The number of ether oxygens (including phenoxy) is 1. The third kappa shape index (κ3) is 3.19. The molecule has 0 spiro atoms. The van der Waals surface area contributed by atoms with Crippen molar-refractivity contribution in [1.29, 1.82) is 0 Å². The number of esters is 1. The lowest BCUT2D eigenvalue weighted by Gasteiger charge is -2.27. The van der Waals surface area contributed by atoms with E-state index in [1.165, 1.54) is 22.6 Å². The van der Waals surface area contributed by atoms with Crippen molar-refractivity contribution >= 4 is 11.6 Å². The fourth-order valence-corrected chi connectivity index (χ4v) is 4.07. The van der Waals surface area contributed by atoms with Gasteiger partial charge >= 0.3 is 5.97 Å². The number of halogens is 1. The molecule has 28 heavy (non-hydrogen) atoms. The van der Waals surface area contributed by atoms with Gasteiger partial charge in [0.25, 0.3) is 5.56 Å². The molecule has 1 aliphatic carbocycles. The van der Waals surface area contributed by atoms with Crippen molar-refractivity contribution in [1.82, 2.24) is 9.38 Å². The van der Waals surface area contributed by atoms with E-state index in [1.807, 2.05) is 19.1 Å². The van der Waals surface area contributed by atoms with Crippen LogP contribution in [0.4, 0.5) is 4.39 Å². The van der Waals surface area contributed by atoms with Crippen LogP contribution in [0.25, 0.3) is 5.65 Å². The highest BCUT2D eigenvalue weighted by Gasteiger charge is 2.44. The minimum Gasteiger partial charge on any atom is -0.458 e. The molecule has 0 saturated heterocycles. The summed E-state index contributed by atoms with van der Waals surface area (Å²) in [6.45, 7) is 1.77. The van der Waals surface area contributed by atoms with Gasteiger partial charge in [-0.05, 0) is 49.6 Å². The maximum absolute atomic E-state index is 13.3. The lowest BCUT2D eigenvalue weighted by atomic mass is 9.79. The molecule has 6 heteroatoms. The number of nitrogens with zero attached hydrogens (tertiary/aromatic N) is 2. The molecule has 0 N–H and O–H groups in total. The Morgan fingerprint density at radius 1 is 1.18 bits per heavy atom. The van der Waals surface area contributed by atoms with E-state index in [2.05, 4.69) is 4.98 Å². The number of rotatable bonds is 4. The molecule has 1 fully saturated rings. The van der Waals surface area contributed by atoms with E-state index in [0.717, 1.165) is 24.1 Å². The quantitative estimate of drug-likeness (QED) is 0.648.